The van der Waals surface area contributed by atoms with Gasteiger partial charge >= 0.3 is 5.97 Å². The summed E-state index contributed by atoms with van der Waals surface area (Å²) in [6.45, 7) is 3.57. The SMILES string of the molecule is Cc1ccc(CCC(=O)NCC(=O)Nc2ccc(CC(C)C(=O)O)cc2)cc1. The van der Waals surface area contributed by atoms with E-state index in [0.717, 1.165) is 11.1 Å². The van der Waals surface area contributed by atoms with Gasteiger partial charge in [-0.05, 0) is 43.0 Å². The maximum atomic E-state index is 12.0. The van der Waals surface area contributed by atoms with Crippen molar-refractivity contribution < 1.29 is 19.5 Å². The van der Waals surface area contributed by atoms with Gasteiger partial charge in [0.2, 0.25) is 11.8 Å². The maximum absolute atomic E-state index is 12.0. The largest absolute Gasteiger partial charge is 0.481 e. The van der Waals surface area contributed by atoms with Gasteiger partial charge in [-0.3, -0.25) is 14.4 Å². The average Bonchev–Trinajstić information content (AvgIpc) is 2.67. The molecule has 1 atom stereocenters. The van der Waals surface area contributed by atoms with Crippen molar-refractivity contribution in [3.8, 4) is 0 Å². The lowest BCUT2D eigenvalue weighted by atomic mass is 10.0. The molecule has 6 nitrogen and oxygen atoms in total. The summed E-state index contributed by atoms with van der Waals surface area (Å²) in [5, 5.41) is 14.3. The maximum Gasteiger partial charge on any atom is 0.306 e. The summed E-state index contributed by atoms with van der Waals surface area (Å²) in [5.41, 5.74) is 3.75. The number of carbonyl (C=O) groups excluding carboxylic acids is 2. The number of nitrogens with one attached hydrogen (secondary N) is 2. The summed E-state index contributed by atoms with van der Waals surface area (Å²) in [7, 11) is 0. The van der Waals surface area contributed by atoms with Crippen LogP contribution in [0.1, 0.15) is 30.0 Å². The Hall–Kier alpha value is -3.15. The van der Waals surface area contributed by atoms with Gasteiger partial charge in [-0.15, -0.1) is 0 Å². The van der Waals surface area contributed by atoms with E-state index in [1.807, 2.05) is 31.2 Å². The predicted molar refractivity (Wildman–Crippen MR) is 108 cm³/mol. The Kier molecular flexibility index (Phi) is 7.75. The quantitative estimate of drug-likeness (QED) is 0.621. The van der Waals surface area contributed by atoms with Crippen molar-refractivity contribution in [2.75, 3.05) is 11.9 Å². The van der Waals surface area contributed by atoms with Crippen LogP contribution in [0.2, 0.25) is 0 Å². The smallest absolute Gasteiger partial charge is 0.306 e. The molecule has 148 valence electrons. The number of hydrogen-bond acceptors (Lipinski definition) is 3. The van der Waals surface area contributed by atoms with E-state index in [9.17, 15) is 14.4 Å². The molecule has 3 N–H and O–H groups in total. The molecule has 2 amide bonds. The summed E-state index contributed by atoms with van der Waals surface area (Å²) in [4.78, 5) is 34.8. The van der Waals surface area contributed by atoms with E-state index in [0.29, 0.717) is 24.9 Å². The lowest BCUT2D eigenvalue weighted by Crippen LogP contribution is -2.32. The van der Waals surface area contributed by atoms with Crippen LogP contribution in [0, 0.1) is 12.8 Å². The molecule has 0 aliphatic heterocycles. The first-order valence-electron chi connectivity index (χ1n) is 9.27. The van der Waals surface area contributed by atoms with E-state index in [2.05, 4.69) is 10.6 Å². The van der Waals surface area contributed by atoms with Crippen molar-refractivity contribution in [3.63, 3.8) is 0 Å². The van der Waals surface area contributed by atoms with Crippen molar-refractivity contribution in [1.29, 1.82) is 0 Å². The van der Waals surface area contributed by atoms with Crippen molar-refractivity contribution >= 4 is 23.5 Å². The summed E-state index contributed by atoms with van der Waals surface area (Å²) in [6, 6.07) is 15.0. The molecule has 0 fully saturated rings. The van der Waals surface area contributed by atoms with Crippen LogP contribution < -0.4 is 10.6 Å². The highest BCUT2D eigenvalue weighted by Gasteiger charge is 2.12. The average molecular weight is 382 g/mol. The normalized spacial score (nSPS) is 11.5. The summed E-state index contributed by atoms with van der Waals surface area (Å²) < 4.78 is 0. The molecule has 2 aromatic carbocycles. The van der Waals surface area contributed by atoms with E-state index in [-0.39, 0.29) is 18.4 Å². The van der Waals surface area contributed by atoms with Crippen LogP contribution in [0.3, 0.4) is 0 Å². The number of benzene rings is 2. The molecule has 0 heterocycles. The topological polar surface area (TPSA) is 95.5 Å². The second-order valence-electron chi connectivity index (χ2n) is 6.95. The Bertz CT molecular complexity index is 813. The predicted octanol–water partition coefficient (Wildman–Crippen LogP) is 2.95. The fourth-order valence-corrected chi connectivity index (χ4v) is 2.65. The Morgan fingerprint density at radius 3 is 2.14 bits per heavy atom. The minimum absolute atomic E-state index is 0.0927. The van der Waals surface area contributed by atoms with Gasteiger partial charge in [-0.2, -0.15) is 0 Å². The zero-order chi connectivity index (χ0) is 20.5. The van der Waals surface area contributed by atoms with Crippen LogP contribution in [0.5, 0.6) is 0 Å². The molecule has 28 heavy (non-hydrogen) atoms. The van der Waals surface area contributed by atoms with E-state index in [1.165, 1.54) is 5.56 Å². The molecule has 2 aromatic rings. The van der Waals surface area contributed by atoms with Crippen molar-refractivity contribution in [2.24, 2.45) is 5.92 Å². The van der Waals surface area contributed by atoms with E-state index in [4.69, 9.17) is 5.11 Å². The first kappa shape index (κ1) is 21.2. The lowest BCUT2D eigenvalue weighted by molar-refractivity contribution is -0.141. The first-order valence-corrected chi connectivity index (χ1v) is 9.27. The minimum atomic E-state index is -0.838. The molecule has 0 radical (unpaired) electrons. The standard InChI is InChI=1S/C22H26N2O4/c1-15-3-5-17(6-4-15)9-12-20(25)23-14-21(26)24-19-10-7-18(8-11-19)13-16(2)22(27)28/h3-8,10-11,16H,9,12-14H2,1-2H3,(H,23,25)(H,24,26)(H,27,28). The molecule has 0 spiro atoms. The fraction of sp³-hybridized carbons (Fsp3) is 0.318. The molecule has 0 aliphatic carbocycles. The number of aliphatic carboxylic acids is 1. The van der Waals surface area contributed by atoms with Crippen LogP contribution in [0.4, 0.5) is 5.69 Å². The van der Waals surface area contributed by atoms with Gasteiger partial charge in [-0.1, -0.05) is 48.9 Å². The molecule has 1 unspecified atom stereocenters. The molecule has 2 rings (SSSR count). The number of carbonyl (C=O) groups is 3. The van der Waals surface area contributed by atoms with Gasteiger partial charge in [0.15, 0.2) is 0 Å². The van der Waals surface area contributed by atoms with Crippen LogP contribution in [-0.2, 0) is 27.2 Å². The van der Waals surface area contributed by atoms with E-state index in [1.54, 1.807) is 31.2 Å². The number of anilines is 1. The lowest BCUT2D eigenvalue weighted by Gasteiger charge is -2.09. The molecular formula is C22H26N2O4. The Morgan fingerprint density at radius 1 is 0.929 bits per heavy atom. The van der Waals surface area contributed by atoms with Crippen LogP contribution in [-0.4, -0.2) is 29.4 Å². The molecule has 0 aromatic heterocycles. The van der Waals surface area contributed by atoms with Crippen molar-refractivity contribution in [1.82, 2.24) is 5.32 Å². The van der Waals surface area contributed by atoms with Gasteiger partial charge in [-0.25, -0.2) is 0 Å². The second-order valence-corrected chi connectivity index (χ2v) is 6.95. The highest BCUT2D eigenvalue weighted by atomic mass is 16.4. The minimum Gasteiger partial charge on any atom is -0.481 e. The van der Waals surface area contributed by atoms with Gasteiger partial charge in [0.25, 0.3) is 0 Å². The molecular weight excluding hydrogens is 356 g/mol. The molecule has 0 saturated carbocycles. The molecule has 0 saturated heterocycles. The first-order chi connectivity index (χ1) is 13.3. The second kappa shape index (κ2) is 10.3. The summed E-state index contributed by atoms with van der Waals surface area (Å²) in [5.74, 6) is -1.78. The monoisotopic (exact) mass is 382 g/mol. The highest BCUT2D eigenvalue weighted by Crippen LogP contribution is 2.13. The summed E-state index contributed by atoms with van der Waals surface area (Å²) in [6.07, 6.45) is 1.39. The van der Waals surface area contributed by atoms with Gasteiger partial charge < -0.3 is 15.7 Å². The Balaban J connectivity index is 1.72. The van der Waals surface area contributed by atoms with E-state index < -0.39 is 11.9 Å². The number of carboxylic acids is 1. The Morgan fingerprint density at radius 2 is 1.54 bits per heavy atom. The summed E-state index contributed by atoms with van der Waals surface area (Å²) >= 11 is 0. The zero-order valence-corrected chi connectivity index (χ0v) is 16.2. The third-order valence-corrected chi connectivity index (χ3v) is 4.41. The number of carboxylic acid groups (broad SMARTS) is 1. The number of hydrogen-bond donors (Lipinski definition) is 3. The number of rotatable bonds is 9. The molecule has 0 aliphatic rings. The van der Waals surface area contributed by atoms with E-state index >= 15 is 0 Å². The number of amides is 2. The Labute approximate surface area is 165 Å². The number of aryl methyl sites for hydroxylation is 2. The van der Waals surface area contributed by atoms with Gasteiger partial charge in [0.05, 0.1) is 12.5 Å². The third-order valence-electron chi connectivity index (χ3n) is 4.41. The van der Waals surface area contributed by atoms with Crippen molar-refractivity contribution in [2.45, 2.75) is 33.1 Å². The van der Waals surface area contributed by atoms with Crippen LogP contribution >= 0.6 is 0 Å². The van der Waals surface area contributed by atoms with Crippen molar-refractivity contribution in [3.05, 3.63) is 65.2 Å². The third kappa shape index (κ3) is 7.23. The van der Waals surface area contributed by atoms with Crippen LogP contribution in [0.15, 0.2) is 48.5 Å². The molecule has 6 heteroatoms. The fourth-order valence-electron chi connectivity index (χ4n) is 2.65. The van der Waals surface area contributed by atoms with Crippen LogP contribution in [0.25, 0.3) is 0 Å². The van der Waals surface area contributed by atoms with Gasteiger partial charge in [0, 0.05) is 12.1 Å². The zero-order valence-electron chi connectivity index (χ0n) is 16.2. The van der Waals surface area contributed by atoms with Gasteiger partial charge in [0.1, 0.15) is 0 Å². The highest BCUT2D eigenvalue weighted by molar-refractivity contribution is 5.94. The molecule has 0 bridgehead atoms.